The molecule has 0 fully saturated rings. The lowest BCUT2D eigenvalue weighted by atomic mass is 10.2. The van der Waals surface area contributed by atoms with Crippen LogP contribution in [0, 0.1) is 10.5 Å². The Morgan fingerprint density at radius 3 is 2.81 bits per heavy atom. The summed E-state index contributed by atoms with van der Waals surface area (Å²) in [6.45, 7) is 3.99. The third kappa shape index (κ3) is 6.66. The number of benzene rings is 1. The second kappa shape index (κ2) is 9.26. The van der Waals surface area contributed by atoms with E-state index in [-0.39, 0.29) is 11.7 Å². The van der Waals surface area contributed by atoms with Crippen LogP contribution in [0.15, 0.2) is 18.2 Å². The number of thioether (sulfide) groups is 1. The number of halogens is 1. The minimum Gasteiger partial charge on any atom is -0.465 e. The second-order valence-electron chi connectivity index (χ2n) is 4.38. The first-order valence-corrected chi connectivity index (χ1v) is 8.73. The number of nitrogens with one attached hydrogen (secondary N) is 1. The van der Waals surface area contributed by atoms with E-state index >= 15 is 0 Å². The molecule has 1 amide bonds. The quantitative estimate of drug-likeness (QED) is 0.520. The predicted octanol–water partition coefficient (Wildman–Crippen LogP) is 2.16. The normalized spacial score (nSPS) is 11.8. The van der Waals surface area contributed by atoms with Gasteiger partial charge in [-0.15, -0.1) is 11.8 Å². The number of hydrogen-bond acceptors (Lipinski definition) is 5. The molecule has 1 atom stereocenters. The zero-order valence-corrected chi connectivity index (χ0v) is 15.0. The summed E-state index contributed by atoms with van der Waals surface area (Å²) in [6.07, 6.45) is 0. The van der Waals surface area contributed by atoms with E-state index in [9.17, 15) is 9.59 Å². The smallest absolute Gasteiger partial charge is 0.323 e. The van der Waals surface area contributed by atoms with Crippen LogP contribution in [0.4, 0.5) is 5.69 Å². The molecule has 0 aliphatic carbocycles. The maximum Gasteiger partial charge on any atom is 0.323 e. The van der Waals surface area contributed by atoms with Crippen LogP contribution in [0.25, 0.3) is 0 Å². The number of amides is 1. The van der Waals surface area contributed by atoms with E-state index in [4.69, 9.17) is 10.5 Å². The predicted molar refractivity (Wildman–Crippen MR) is 94.5 cm³/mol. The summed E-state index contributed by atoms with van der Waals surface area (Å²) >= 11 is 3.54. The van der Waals surface area contributed by atoms with E-state index in [1.165, 1.54) is 11.8 Å². The summed E-state index contributed by atoms with van der Waals surface area (Å²) in [6, 6.07) is 5.12. The number of aryl methyl sites for hydroxylation is 1. The largest absolute Gasteiger partial charge is 0.465 e. The molecule has 5 nitrogen and oxygen atoms in total. The van der Waals surface area contributed by atoms with Gasteiger partial charge in [-0.1, -0.05) is 0 Å². The summed E-state index contributed by atoms with van der Waals surface area (Å²) in [5.74, 6) is 0.0652. The minimum absolute atomic E-state index is 0.111. The van der Waals surface area contributed by atoms with Crippen molar-refractivity contribution in [2.75, 3.05) is 23.4 Å². The summed E-state index contributed by atoms with van der Waals surface area (Å²) in [7, 11) is 0. The number of carbonyl (C=O) groups is 2. The molecule has 0 radical (unpaired) electrons. The molecule has 0 saturated carbocycles. The Morgan fingerprint density at radius 1 is 1.48 bits per heavy atom. The highest BCUT2D eigenvalue weighted by atomic mass is 127. The molecule has 1 unspecified atom stereocenters. The molecule has 21 heavy (non-hydrogen) atoms. The molecule has 0 aliphatic rings. The highest BCUT2D eigenvalue weighted by Crippen LogP contribution is 2.18. The number of hydrogen-bond donors (Lipinski definition) is 2. The molecular formula is C14H19IN2O3S. The van der Waals surface area contributed by atoms with Crippen LogP contribution in [0.1, 0.15) is 12.5 Å². The average Bonchev–Trinajstić information content (AvgIpc) is 2.42. The van der Waals surface area contributed by atoms with E-state index < -0.39 is 12.0 Å². The number of esters is 1. The van der Waals surface area contributed by atoms with E-state index in [1.54, 1.807) is 6.92 Å². The first kappa shape index (κ1) is 18.2. The van der Waals surface area contributed by atoms with Crippen molar-refractivity contribution in [2.24, 2.45) is 5.73 Å². The van der Waals surface area contributed by atoms with Crippen molar-refractivity contribution < 1.29 is 14.3 Å². The molecule has 0 spiro atoms. The van der Waals surface area contributed by atoms with Gasteiger partial charge in [-0.05, 0) is 60.2 Å². The van der Waals surface area contributed by atoms with Gasteiger partial charge in [0.25, 0.3) is 0 Å². The van der Waals surface area contributed by atoms with Crippen molar-refractivity contribution in [3.63, 3.8) is 0 Å². The number of anilines is 1. The van der Waals surface area contributed by atoms with Gasteiger partial charge in [0.1, 0.15) is 6.04 Å². The lowest BCUT2D eigenvalue weighted by Gasteiger charge is -2.11. The lowest BCUT2D eigenvalue weighted by Crippen LogP contribution is -2.35. The number of carbonyl (C=O) groups excluding carboxylic acids is 2. The summed E-state index contributed by atoms with van der Waals surface area (Å²) in [5.41, 5.74) is 7.47. The molecule has 3 N–H and O–H groups in total. The van der Waals surface area contributed by atoms with Crippen molar-refractivity contribution in [2.45, 2.75) is 19.9 Å². The Kier molecular flexibility index (Phi) is 8.05. The fourth-order valence-electron chi connectivity index (χ4n) is 1.55. The van der Waals surface area contributed by atoms with Gasteiger partial charge >= 0.3 is 5.97 Å². The first-order valence-electron chi connectivity index (χ1n) is 6.50. The molecule has 0 heterocycles. The van der Waals surface area contributed by atoms with Crippen LogP contribution >= 0.6 is 34.4 Å². The number of nitrogens with two attached hydrogens (primary N) is 1. The maximum atomic E-state index is 11.8. The minimum atomic E-state index is -0.692. The Bertz CT molecular complexity index is 511. The van der Waals surface area contributed by atoms with Crippen LogP contribution in [0.5, 0.6) is 0 Å². The highest BCUT2D eigenvalue weighted by Gasteiger charge is 2.15. The molecule has 0 saturated heterocycles. The Labute approximate surface area is 142 Å². The molecule has 0 aliphatic heterocycles. The fourth-order valence-corrected chi connectivity index (χ4v) is 2.96. The zero-order chi connectivity index (χ0) is 15.8. The summed E-state index contributed by atoms with van der Waals surface area (Å²) < 4.78 is 5.93. The average molecular weight is 422 g/mol. The second-order valence-corrected chi connectivity index (χ2v) is 6.66. The Hall–Kier alpha value is -0.800. The van der Waals surface area contributed by atoms with Crippen molar-refractivity contribution >= 4 is 51.9 Å². The lowest BCUT2D eigenvalue weighted by molar-refractivity contribution is -0.144. The highest BCUT2D eigenvalue weighted by molar-refractivity contribution is 14.1. The monoisotopic (exact) mass is 422 g/mol. The van der Waals surface area contributed by atoms with Gasteiger partial charge in [-0.25, -0.2) is 0 Å². The Balaban J connectivity index is 2.36. The van der Waals surface area contributed by atoms with Crippen molar-refractivity contribution in [3.8, 4) is 0 Å². The molecule has 1 rings (SSSR count). The van der Waals surface area contributed by atoms with Gasteiger partial charge in [0, 0.05) is 15.0 Å². The van der Waals surface area contributed by atoms with E-state index in [2.05, 4.69) is 27.9 Å². The molecule has 7 heteroatoms. The fraction of sp³-hybridized carbons (Fsp3) is 0.429. The van der Waals surface area contributed by atoms with Gasteiger partial charge in [0.15, 0.2) is 0 Å². The summed E-state index contributed by atoms with van der Waals surface area (Å²) in [4.78, 5) is 23.2. The van der Waals surface area contributed by atoms with Gasteiger partial charge < -0.3 is 15.8 Å². The van der Waals surface area contributed by atoms with Crippen molar-refractivity contribution in [1.82, 2.24) is 0 Å². The maximum absolute atomic E-state index is 11.8. The molecule has 1 aromatic carbocycles. The molecular weight excluding hydrogens is 403 g/mol. The standard InChI is InChI=1S/C14H19IN2O3S/c1-3-20-14(19)11(16)7-21-8-13(18)17-12-5-4-10(15)6-9(12)2/h4-6,11H,3,7-8,16H2,1-2H3,(H,17,18). The van der Waals surface area contributed by atoms with Crippen LogP contribution in [0.3, 0.4) is 0 Å². The molecule has 1 aromatic rings. The number of rotatable bonds is 7. The van der Waals surface area contributed by atoms with Crippen molar-refractivity contribution in [1.29, 1.82) is 0 Å². The zero-order valence-electron chi connectivity index (χ0n) is 12.0. The molecule has 116 valence electrons. The van der Waals surface area contributed by atoms with Crippen LogP contribution < -0.4 is 11.1 Å². The number of ether oxygens (including phenoxy) is 1. The van der Waals surface area contributed by atoms with E-state index in [0.717, 1.165) is 14.8 Å². The third-order valence-corrected chi connectivity index (χ3v) is 4.31. The SMILES string of the molecule is CCOC(=O)C(N)CSCC(=O)Nc1ccc(I)cc1C. The van der Waals surface area contributed by atoms with Gasteiger partial charge in [0.05, 0.1) is 12.4 Å². The van der Waals surface area contributed by atoms with E-state index in [0.29, 0.717) is 12.4 Å². The van der Waals surface area contributed by atoms with Crippen molar-refractivity contribution in [3.05, 3.63) is 27.3 Å². The van der Waals surface area contributed by atoms with E-state index in [1.807, 2.05) is 25.1 Å². The topological polar surface area (TPSA) is 81.4 Å². The van der Waals surface area contributed by atoms with Crippen LogP contribution in [-0.4, -0.2) is 36.0 Å². The molecule has 0 bridgehead atoms. The van der Waals surface area contributed by atoms with Gasteiger partial charge in [-0.3, -0.25) is 9.59 Å². The molecule has 0 aromatic heterocycles. The van der Waals surface area contributed by atoms with Gasteiger partial charge in [0.2, 0.25) is 5.91 Å². The van der Waals surface area contributed by atoms with Crippen LogP contribution in [-0.2, 0) is 14.3 Å². The summed E-state index contributed by atoms with van der Waals surface area (Å²) in [5, 5.41) is 2.85. The van der Waals surface area contributed by atoms with Crippen LogP contribution in [0.2, 0.25) is 0 Å². The third-order valence-electron chi connectivity index (χ3n) is 2.58. The van der Waals surface area contributed by atoms with Gasteiger partial charge in [-0.2, -0.15) is 0 Å². The Morgan fingerprint density at radius 2 is 2.19 bits per heavy atom. The first-order chi connectivity index (χ1) is 9.93.